The van der Waals surface area contributed by atoms with Crippen LogP contribution in [0.4, 0.5) is 5.69 Å². The van der Waals surface area contributed by atoms with E-state index >= 15 is 0 Å². The Kier molecular flexibility index (Phi) is 4.74. The second-order valence-corrected chi connectivity index (χ2v) is 6.20. The van der Waals surface area contributed by atoms with Gasteiger partial charge in [0.05, 0.1) is 6.33 Å². The lowest BCUT2D eigenvalue weighted by Crippen LogP contribution is -2.12. The number of aromatic amines is 1. The van der Waals surface area contributed by atoms with E-state index in [0.717, 1.165) is 22.6 Å². The average molecular weight is 358 g/mol. The van der Waals surface area contributed by atoms with Crippen molar-refractivity contribution in [3.8, 4) is 0 Å². The van der Waals surface area contributed by atoms with Crippen molar-refractivity contribution >= 4 is 11.6 Å². The van der Waals surface area contributed by atoms with E-state index in [2.05, 4.69) is 25.5 Å². The van der Waals surface area contributed by atoms with Crippen molar-refractivity contribution in [1.29, 1.82) is 0 Å². The van der Waals surface area contributed by atoms with Crippen LogP contribution in [0.3, 0.4) is 0 Å². The summed E-state index contributed by atoms with van der Waals surface area (Å²) in [5, 5.41) is 9.62. The molecule has 7 heteroatoms. The van der Waals surface area contributed by atoms with Crippen LogP contribution in [-0.4, -0.2) is 30.6 Å². The van der Waals surface area contributed by atoms with E-state index in [-0.39, 0.29) is 5.91 Å². The van der Waals surface area contributed by atoms with Crippen molar-refractivity contribution < 1.29 is 4.79 Å². The second kappa shape index (κ2) is 7.65. The van der Waals surface area contributed by atoms with Gasteiger partial charge in [0, 0.05) is 36.6 Å². The molecule has 0 aliphatic rings. The zero-order valence-corrected chi connectivity index (χ0v) is 14.5. The lowest BCUT2D eigenvalue weighted by Gasteiger charge is -2.09. The van der Waals surface area contributed by atoms with Crippen LogP contribution in [-0.2, 0) is 13.0 Å². The van der Waals surface area contributed by atoms with E-state index in [1.165, 1.54) is 6.33 Å². The monoisotopic (exact) mass is 358 g/mol. The molecule has 0 radical (unpaired) electrons. The molecule has 2 aromatic carbocycles. The van der Waals surface area contributed by atoms with Crippen LogP contribution < -0.4 is 5.32 Å². The summed E-state index contributed by atoms with van der Waals surface area (Å²) in [5.74, 6) is 0.655. The van der Waals surface area contributed by atoms with Crippen LogP contribution in [0.25, 0.3) is 0 Å². The minimum absolute atomic E-state index is 0.138. The van der Waals surface area contributed by atoms with Gasteiger partial charge in [0.15, 0.2) is 0 Å². The molecule has 2 N–H and O–H groups in total. The number of rotatable bonds is 6. The van der Waals surface area contributed by atoms with Gasteiger partial charge in [-0.25, -0.2) is 9.97 Å². The molecule has 0 saturated heterocycles. The number of benzene rings is 2. The molecular formula is C20H18N6O. The summed E-state index contributed by atoms with van der Waals surface area (Å²) < 4.78 is 1.98. The van der Waals surface area contributed by atoms with Crippen LogP contribution in [0, 0.1) is 0 Å². The van der Waals surface area contributed by atoms with Gasteiger partial charge in [0.1, 0.15) is 12.2 Å². The minimum Gasteiger partial charge on any atom is -0.333 e. The van der Waals surface area contributed by atoms with Crippen molar-refractivity contribution in [3.63, 3.8) is 0 Å². The third-order valence-electron chi connectivity index (χ3n) is 4.16. The molecule has 0 aliphatic heterocycles. The molecule has 4 rings (SSSR count). The van der Waals surface area contributed by atoms with Crippen molar-refractivity contribution in [1.82, 2.24) is 24.7 Å². The van der Waals surface area contributed by atoms with Crippen LogP contribution in [0.5, 0.6) is 0 Å². The van der Waals surface area contributed by atoms with Gasteiger partial charge in [0.25, 0.3) is 5.91 Å². The molecule has 0 spiro atoms. The van der Waals surface area contributed by atoms with Crippen molar-refractivity contribution in [2.45, 2.75) is 13.0 Å². The predicted octanol–water partition coefficient (Wildman–Crippen LogP) is 2.89. The number of aromatic nitrogens is 5. The molecule has 0 fully saturated rings. The predicted molar refractivity (Wildman–Crippen MR) is 101 cm³/mol. The van der Waals surface area contributed by atoms with E-state index in [1.54, 1.807) is 12.5 Å². The fraction of sp³-hybridized carbons (Fsp3) is 0.100. The number of hydrogen-bond donors (Lipinski definition) is 2. The molecule has 2 heterocycles. The highest BCUT2D eigenvalue weighted by Crippen LogP contribution is 2.14. The molecule has 0 atom stereocenters. The molecule has 2 aromatic heterocycles. The third-order valence-corrected chi connectivity index (χ3v) is 4.16. The van der Waals surface area contributed by atoms with Gasteiger partial charge in [-0.05, 0) is 35.4 Å². The Morgan fingerprint density at radius 3 is 2.74 bits per heavy atom. The Labute approximate surface area is 156 Å². The van der Waals surface area contributed by atoms with Crippen LogP contribution in [0.2, 0.25) is 0 Å². The summed E-state index contributed by atoms with van der Waals surface area (Å²) in [4.78, 5) is 20.7. The zero-order valence-electron chi connectivity index (χ0n) is 14.5. The summed E-state index contributed by atoms with van der Waals surface area (Å²) in [5.41, 5.74) is 3.53. The van der Waals surface area contributed by atoms with Crippen molar-refractivity contribution in [3.05, 3.63) is 96.1 Å². The molecule has 27 heavy (non-hydrogen) atoms. The van der Waals surface area contributed by atoms with Crippen LogP contribution in [0.1, 0.15) is 27.3 Å². The Morgan fingerprint density at radius 1 is 1.11 bits per heavy atom. The summed E-state index contributed by atoms with van der Waals surface area (Å²) in [7, 11) is 0. The Bertz CT molecular complexity index is 1010. The number of hydrogen-bond acceptors (Lipinski definition) is 4. The molecule has 0 aliphatic carbocycles. The number of carbonyl (C=O) groups excluding carboxylic acids is 1. The fourth-order valence-electron chi connectivity index (χ4n) is 2.83. The van der Waals surface area contributed by atoms with E-state index in [0.29, 0.717) is 18.5 Å². The minimum atomic E-state index is -0.138. The summed E-state index contributed by atoms with van der Waals surface area (Å²) in [6, 6.07) is 15.3. The van der Waals surface area contributed by atoms with Gasteiger partial charge in [0.2, 0.25) is 0 Å². The molecule has 1 amide bonds. The van der Waals surface area contributed by atoms with E-state index in [9.17, 15) is 4.79 Å². The molecule has 0 saturated carbocycles. The number of imidazole rings is 1. The van der Waals surface area contributed by atoms with Gasteiger partial charge in [-0.1, -0.05) is 24.3 Å². The molecule has 0 unspecified atom stereocenters. The van der Waals surface area contributed by atoms with Crippen LogP contribution in [0.15, 0.2) is 73.6 Å². The summed E-state index contributed by atoms with van der Waals surface area (Å²) in [6.45, 7) is 0.708. The maximum absolute atomic E-state index is 12.5. The molecule has 4 aromatic rings. The van der Waals surface area contributed by atoms with Gasteiger partial charge >= 0.3 is 0 Å². The highest BCUT2D eigenvalue weighted by atomic mass is 16.1. The largest absolute Gasteiger partial charge is 0.333 e. The SMILES string of the molecule is O=C(Nc1cccc(Cn2ccnc2)c1)c1ccc(Cc2ncn[nH]2)cc1. The molecule has 134 valence electrons. The molecule has 7 nitrogen and oxygen atoms in total. The first-order valence-corrected chi connectivity index (χ1v) is 8.55. The van der Waals surface area contributed by atoms with E-state index in [4.69, 9.17) is 0 Å². The lowest BCUT2D eigenvalue weighted by atomic mass is 10.1. The molecular weight excluding hydrogens is 340 g/mol. The van der Waals surface area contributed by atoms with Gasteiger partial charge < -0.3 is 9.88 Å². The van der Waals surface area contributed by atoms with E-state index < -0.39 is 0 Å². The van der Waals surface area contributed by atoms with Crippen molar-refractivity contribution in [2.24, 2.45) is 0 Å². The smallest absolute Gasteiger partial charge is 0.255 e. The average Bonchev–Trinajstić information content (AvgIpc) is 3.37. The maximum Gasteiger partial charge on any atom is 0.255 e. The highest BCUT2D eigenvalue weighted by molar-refractivity contribution is 6.04. The molecule has 0 bridgehead atoms. The van der Waals surface area contributed by atoms with Gasteiger partial charge in [-0.3, -0.25) is 9.89 Å². The first-order chi connectivity index (χ1) is 13.3. The van der Waals surface area contributed by atoms with Gasteiger partial charge in [-0.2, -0.15) is 5.10 Å². The number of carbonyl (C=O) groups is 1. The number of nitrogens with one attached hydrogen (secondary N) is 2. The Hall–Kier alpha value is -3.74. The Morgan fingerprint density at radius 2 is 2.00 bits per heavy atom. The number of H-pyrrole nitrogens is 1. The highest BCUT2D eigenvalue weighted by Gasteiger charge is 2.07. The van der Waals surface area contributed by atoms with Gasteiger partial charge in [-0.15, -0.1) is 0 Å². The Balaban J connectivity index is 1.41. The van der Waals surface area contributed by atoms with E-state index in [1.807, 2.05) is 59.3 Å². The first kappa shape index (κ1) is 16.7. The normalized spacial score (nSPS) is 10.7. The summed E-state index contributed by atoms with van der Waals surface area (Å²) in [6.07, 6.45) is 7.56. The first-order valence-electron chi connectivity index (χ1n) is 8.55. The second-order valence-electron chi connectivity index (χ2n) is 6.20. The van der Waals surface area contributed by atoms with Crippen molar-refractivity contribution in [2.75, 3.05) is 5.32 Å². The zero-order chi connectivity index (χ0) is 18.5. The summed E-state index contributed by atoms with van der Waals surface area (Å²) >= 11 is 0. The standard InChI is InChI=1S/C20H18N6O/c27-20(17-6-4-15(5-7-17)11-19-22-13-23-25-19)24-18-3-1-2-16(10-18)12-26-9-8-21-14-26/h1-10,13-14H,11-12H2,(H,24,27)(H,22,23,25). The fourth-order valence-corrected chi connectivity index (χ4v) is 2.83. The van der Waals surface area contributed by atoms with Crippen LogP contribution >= 0.6 is 0 Å². The number of amides is 1. The lowest BCUT2D eigenvalue weighted by molar-refractivity contribution is 0.102. The number of nitrogens with zero attached hydrogens (tertiary/aromatic N) is 4. The quantitative estimate of drug-likeness (QED) is 0.555. The third kappa shape index (κ3) is 4.27. The topological polar surface area (TPSA) is 88.5 Å². The maximum atomic E-state index is 12.5. The number of anilines is 1.